The van der Waals surface area contributed by atoms with Crippen LogP contribution in [-0.4, -0.2) is 44.2 Å². The van der Waals surface area contributed by atoms with Crippen molar-refractivity contribution in [1.82, 2.24) is 0 Å². The molecular formula is C13H19BrClNO3. The third-order valence-corrected chi connectivity index (χ3v) is 3.25. The zero-order chi connectivity index (χ0) is 14.3. The van der Waals surface area contributed by atoms with Crippen LogP contribution in [0.25, 0.3) is 0 Å². The molecule has 0 saturated carbocycles. The first-order valence-corrected chi connectivity index (χ1v) is 7.17. The fourth-order valence-corrected chi connectivity index (χ4v) is 2.02. The lowest BCUT2D eigenvalue weighted by Gasteiger charge is -2.17. The number of benzene rings is 1. The van der Waals surface area contributed by atoms with E-state index in [1.807, 2.05) is 19.1 Å². The molecule has 0 radical (unpaired) electrons. The highest BCUT2D eigenvalue weighted by Gasteiger charge is 2.09. The number of aliphatic hydroxyl groups excluding tert-OH is 1. The van der Waals surface area contributed by atoms with Crippen LogP contribution >= 0.6 is 27.5 Å². The predicted octanol–water partition coefficient (Wildman–Crippen LogP) is 2.93. The van der Waals surface area contributed by atoms with Crippen LogP contribution in [-0.2, 0) is 9.47 Å². The third kappa shape index (κ3) is 6.58. The van der Waals surface area contributed by atoms with Gasteiger partial charge in [0.05, 0.1) is 36.1 Å². The summed E-state index contributed by atoms with van der Waals surface area (Å²) >= 11 is 9.41. The molecule has 2 N–H and O–H groups in total. The fourth-order valence-electron chi connectivity index (χ4n) is 1.48. The normalized spacial score (nSPS) is 14.2. The minimum absolute atomic E-state index is 0.0332. The Morgan fingerprint density at radius 2 is 2.16 bits per heavy atom. The average molecular weight is 353 g/mol. The summed E-state index contributed by atoms with van der Waals surface area (Å²) in [5.41, 5.74) is 0.778. The van der Waals surface area contributed by atoms with E-state index in [4.69, 9.17) is 21.1 Å². The molecule has 0 heterocycles. The summed E-state index contributed by atoms with van der Waals surface area (Å²) in [4.78, 5) is 0. The molecule has 2 atom stereocenters. The maximum atomic E-state index is 9.80. The molecule has 0 amide bonds. The van der Waals surface area contributed by atoms with Crippen LogP contribution in [0.5, 0.6) is 0 Å². The maximum absolute atomic E-state index is 9.80. The maximum Gasteiger partial charge on any atom is 0.0945 e. The van der Waals surface area contributed by atoms with E-state index in [1.165, 1.54) is 0 Å². The molecule has 0 aromatic heterocycles. The highest BCUT2D eigenvalue weighted by Crippen LogP contribution is 2.25. The van der Waals surface area contributed by atoms with Gasteiger partial charge in [-0.25, -0.2) is 0 Å². The van der Waals surface area contributed by atoms with Crippen molar-refractivity contribution in [2.75, 3.05) is 32.2 Å². The van der Waals surface area contributed by atoms with E-state index in [2.05, 4.69) is 21.2 Å². The molecule has 1 rings (SSSR count). The van der Waals surface area contributed by atoms with Crippen molar-refractivity contribution in [1.29, 1.82) is 0 Å². The average Bonchev–Trinajstić information content (AvgIpc) is 2.38. The van der Waals surface area contributed by atoms with Crippen molar-refractivity contribution in [3.05, 3.63) is 27.7 Å². The molecule has 6 heteroatoms. The number of hydrogen-bond acceptors (Lipinski definition) is 4. The summed E-state index contributed by atoms with van der Waals surface area (Å²) in [5, 5.41) is 13.5. The van der Waals surface area contributed by atoms with Crippen molar-refractivity contribution in [3.63, 3.8) is 0 Å². The van der Waals surface area contributed by atoms with Crippen LogP contribution < -0.4 is 5.32 Å². The Kier molecular flexibility index (Phi) is 7.71. The summed E-state index contributed by atoms with van der Waals surface area (Å²) in [5.74, 6) is 0. The number of nitrogens with one attached hydrogen (secondary N) is 1. The molecule has 0 aliphatic heterocycles. The van der Waals surface area contributed by atoms with Crippen LogP contribution in [0.2, 0.25) is 5.02 Å². The molecule has 0 bridgehead atoms. The topological polar surface area (TPSA) is 50.7 Å². The summed E-state index contributed by atoms with van der Waals surface area (Å²) in [6.07, 6.45) is -0.636. The molecule has 0 saturated heterocycles. The zero-order valence-electron chi connectivity index (χ0n) is 11.0. The Morgan fingerprint density at radius 3 is 2.84 bits per heavy atom. The van der Waals surface area contributed by atoms with Gasteiger partial charge in [-0.2, -0.15) is 0 Å². The summed E-state index contributed by atoms with van der Waals surface area (Å²) in [6.45, 7) is 3.03. The number of halogens is 2. The van der Waals surface area contributed by atoms with Gasteiger partial charge in [0.25, 0.3) is 0 Å². The van der Waals surface area contributed by atoms with Crippen LogP contribution in [0.15, 0.2) is 22.7 Å². The molecule has 0 aliphatic carbocycles. The van der Waals surface area contributed by atoms with Crippen molar-refractivity contribution < 1.29 is 14.6 Å². The molecule has 0 fully saturated rings. The zero-order valence-corrected chi connectivity index (χ0v) is 13.4. The second-order valence-electron chi connectivity index (χ2n) is 4.26. The monoisotopic (exact) mass is 351 g/mol. The summed E-state index contributed by atoms with van der Waals surface area (Å²) in [7, 11) is 1.62. The number of hydrogen-bond donors (Lipinski definition) is 2. The van der Waals surface area contributed by atoms with Gasteiger partial charge in [0, 0.05) is 18.1 Å². The van der Waals surface area contributed by atoms with Crippen LogP contribution in [0.3, 0.4) is 0 Å². The van der Waals surface area contributed by atoms with E-state index in [0.717, 1.165) is 10.2 Å². The van der Waals surface area contributed by atoms with Crippen molar-refractivity contribution >= 4 is 33.2 Å². The van der Waals surface area contributed by atoms with Gasteiger partial charge in [0.15, 0.2) is 0 Å². The number of rotatable bonds is 8. The van der Waals surface area contributed by atoms with Crippen LogP contribution in [0, 0.1) is 0 Å². The van der Waals surface area contributed by atoms with Gasteiger partial charge in [-0.1, -0.05) is 27.5 Å². The van der Waals surface area contributed by atoms with Crippen LogP contribution in [0.4, 0.5) is 5.69 Å². The summed E-state index contributed by atoms with van der Waals surface area (Å²) in [6, 6.07) is 5.51. The van der Waals surface area contributed by atoms with Gasteiger partial charge in [-0.15, -0.1) is 0 Å². The van der Waals surface area contributed by atoms with Gasteiger partial charge in [-0.3, -0.25) is 0 Å². The van der Waals surface area contributed by atoms with Gasteiger partial charge in [-0.05, 0) is 25.1 Å². The number of aliphatic hydroxyl groups is 1. The lowest BCUT2D eigenvalue weighted by Crippen LogP contribution is -2.28. The number of anilines is 1. The van der Waals surface area contributed by atoms with E-state index in [0.29, 0.717) is 18.2 Å². The first-order valence-electron chi connectivity index (χ1n) is 6.00. The largest absolute Gasteiger partial charge is 0.389 e. The fraction of sp³-hybridized carbons (Fsp3) is 0.538. The number of methoxy groups -OCH3 is 1. The molecule has 2 unspecified atom stereocenters. The second kappa shape index (κ2) is 8.76. The molecule has 1 aromatic carbocycles. The first kappa shape index (κ1) is 16.7. The summed E-state index contributed by atoms with van der Waals surface area (Å²) < 4.78 is 11.3. The highest BCUT2D eigenvalue weighted by molar-refractivity contribution is 9.10. The van der Waals surface area contributed by atoms with Gasteiger partial charge in [0.2, 0.25) is 0 Å². The van der Waals surface area contributed by atoms with E-state index in [-0.39, 0.29) is 12.7 Å². The molecule has 19 heavy (non-hydrogen) atoms. The van der Waals surface area contributed by atoms with E-state index in [9.17, 15) is 5.11 Å². The highest BCUT2D eigenvalue weighted by atomic mass is 79.9. The van der Waals surface area contributed by atoms with E-state index < -0.39 is 6.10 Å². The molecule has 108 valence electrons. The third-order valence-electron chi connectivity index (χ3n) is 2.43. The van der Waals surface area contributed by atoms with Crippen molar-refractivity contribution in [2.45, 2.75) is 19.1 Å². The Balaban J connectivity index is 2.33. The van der Waals surface area contributed by atoms with Gasteiger partial charge in [0.1, 0.15) is 0 Å². The Morgan fingerprint density at radius 1 is 1.42 bits per heavy atom. The molecular weight excluding hydrogens is 334 g/mol. The second-order valence-corrected chi connectivity index (χ2v) is 5.58. The minimum atomic E-state index is -0.602. The number of ether oxygens (including phenoxy) is 2. The lowest BCUT2D eigenvalue weighted by atomic mass is 10.3. The van der Waals surface area contributed by atoms with Crippen molar-refractivity contribution in [3.8, 4) is 0 Å². The van der Waals surface area contributed by atoms with Gasteiger partial charge < -0.3 is 19.9 Å². The van der Waals surface area contributed by atoms with E-state index >= 15 is 0 Å². The lowest BCUT2D eigenvalue weighted by molar-refractivity contribution is -0.0282. The standard InChI is InChI=1S/C13H19BrClNO3/c1-9(7-18-2)19-8-11(17)6-16-13-5-10(14)3-4-12(13)15/h3-5,9,11,16-17H,6-8H2,1-2H3. The quantitative estimate of drug-likeness (QED) is 0.755. The Hall–Kier alpha value is -0.330. The minimum Gasteiger partial charge on any atom is -0.389 e. The van der Waals surface area contributed by atoms with Crippen LogP contribution in [0.1, 0.15) is 6.92 Å². The predicted molar refractivity (Wildman–Crippen MR) is 80.9 cm³/mol. The first-order chi connectivity index (χ1) is 9.02. The molecule has 4 nitrogen and oxygen atoms in total. The van der Waals surface area contributed by atoms with Crippen molar-refractivity contribution in [2.24, 2.45) is 0 Å². The SMILES string of the molecule is COCC(C)OCC(O)CNc1cc(Br)ccc1Cl. The van der Waals surface area contributed by atoms with Gasteiger partial charge >= 0.3 is 0 Å². The molecule has 1 aromatic rings. The molecule has 0 spiro atoms. The van der Waals surface area contributed by atoms with E-state index in [1.54, 1.807) is 13.2 Å². The smallest absolute Gasteiger partial charge is 0.0945 e. The molecule has 0 aliphatic rings. The Bertz CT molecular complexity index is 392. The Labute approximate surface area is 127 Å².